The van der Waals surface area contributed by atoms with Crippen molar-refractivity contribution in [2.75, 3.05) is 0 Å². The minimum absolute atomic E-state index is 0.234. The first kappa shape index (κ1) is 13.1. The molecule has 1 nitrogen and oxygen atoms in total. The van der Waals surface area contributed by atoms with Crippen LogP contribution in [0.1, 0.15) is 22.7 Å². The van der Waals surface area contributed by atoms with Crippen molar-refractivity contribution in [1.82, 2.24) is 5.32 Å². The topological polar surface area (TPSA) is 12.0 Å². The molecule has 0 aliphatic heterocycles. The average Bonchev–Trinajstić information content (AvgIpc) is 3.03. The summed E-state index contributed by atoms with van der Waals surface area (Å²) in [4.78, 5) is 0. The Bertz CT molecular complexity index is 578. The Kier molecular flexibility index (Phi) is 4.26. The summed E-state index contributed by atoms with van der Waals surface area (Å²) < 4.78 is 0. The zero-order valence-electron chi connectivity index (χ0n) is 11.2. The van der Waals surface area contributed by atoms with Crippen molar-refractivity contribution in [1.29, 1.82) is 0 Å². The van der Waals surface area contributed by atoms with Crippen LogP contribution in [0.5, 0.6) is 0 Å². The van der Waals surface area contributed by atoms with Gasteiger partial charge in [0.25, 0.3) is 0 Å². The van der Waals surface area contributed by atoms with Crippen LogP contribution in [0.25, 0.3) is 0 Å². The van der Waals surface area contributed by atoms with Gasteiger partial charge in [-0.25, -0.2) is 0 Å². The second-order valence-electron chi connectivity index (χ2n) is 4.77. The zero-order chi connectivity index (χ0) is 13.6. The summed E-state index contributed by atoms with van der Waals surface area (Å²) in [6.45, 7) is 0.887. The van der Waals surface area contributed by atoms with Crippen molar-refractivity contribution in [2.24, 2.45) is 0 Å². The third kappa shape index (κ3) is 3.16. The molecule has 0 bridgehead atoms. The van der Waals surface area contributed by atoms with E-state index in [4.69, 9.17) is 0 Å². The fourth-order valence-electron chi connectivity index (χ4n) is 2.33. The van der Waals surface area contributed by atoms with E-state index in [1.54, 1.807) is 11.3 Å². The van der Waals surface area contributed by atoms with E-state index in [0.717, 1.165) is 6.54 Å². The molecule has 0 saturated heterocycles. The van der Waals surface area contributed by atoms with Gasteiger partial charge in [0.1, 0.15) is 0 Å². The highest BCUT2D eigenvalue weighted by atomic mass is 32.1. The first-order chi connectivity index (χ1) is 9.93. The molecule has 3 aromatic rings. The van der Waals surface area contributed by atoms with Crippen LogP contribution in [0.15, 0.2) is 77.5 Å². The maximum Gasteiger partial charge on any atom is 0.0579 e. The summed E-state index contributed by atoms with van der Waals surface area (Å²) in [5.41, 5.74) is 3.94. The van der Waals surface area contributed by atoms with E-state index >= 15 is 0 Å². The Morgan fingerprint density at radius 3 is 1.90 bits per heavy atom. The lowest BCUT2D eigenvalue weighted by Crippen LogP contribution is -2.21. The number of hydrogen-bond acceptors (Lipinski definition) is 2. The van der Waals surface area contributed by atoms with Crippen molar-refractivity contribution in [3.8, 4) is 0 Å². The zero-order valence-corrected chi connectivity index (χ0v) is 12.0. The van der Waals surface area contributed by atoms with Crippen molar-refractivity contribution >= 4 is 11.3 Å². The van der Waals surface area contributed by atoms with Crippen LogP contribution in [-0.2, 0) is 6.54 Å². The van der Waals surface area contributed by atoms with E-state index in [1.807, 2.05) is 0 Å². The van der Waals surface area contributed by atoms with Gasteiger partial charge in [-0.05, 0) is 33.5 Å². The minimum atomic E-state index is 0.234. The number of benzene rings is 2. The van der Waals surface area contributed by atoms with Crippen LogP contribution in [0.4, 0.5) is 0 Å². The number of hydrogen-bond donors (Lipinski definition) is 1. The fraction of sp³-hybridized carbons (Fsp3) is 0.111. The highest BCUT2D eigenvalue weighted by Gasteiger charge is 2.12. The molecule has 0 amide bonds. The van der Waals surface area contributed by atoms with E-state index in [-0.39, 0.29) is 6.04 Å². The molecule has 0 aliphatic carbocycles. The van der Waals surface area contributed by atoms with E-state index in [2.05, 4.69) is 82.8 Å². The Labute approximate surface area is 123 Å². The lowest BCUT2D eigenvalue weighted by molar-refractivity contribution is 0.606. The van der Waals surface area contributed by atoms with Gasteiger partial charge >= 0.3 is 0 Å². The smallest absolute Gasteiger partial charge is 0.0579 e. The molecule has 100 valence electrons. The van der Waals surface area contributed by atoms with E-state index in [9.17, 15) is 0 Å². The van der Waals surface area contributed by atoms with Crippen LogP contribution in [-0.4, -0.2) is 0 Å². The minimum Gasteiger partial charge on any atom is -0.302 e. The van der Waals surface area contributed by atoms with Gasteiger partial charge in [0, 0.05) is 6.54 Å². The summed E-state index contributed by atoms with van der Waals surface area (Å²) in [6, 6.07) is 23.6. The lowest BCUT2D eigenvalue weighted by atomic mass is 9.98. The fourth-order valence-corrected chi connectivity index (χ4v) is 3.00. The predicted octanol–water partition coefficient (Wildman–Crippen LogP) is 4.63. The average molecular weight is 279 g/mol. The molecule has 0 aliphatic rings. The highest BCUT2D eigenvalue weighted by Crippen LogP contribution is 2.22. The summed E-state index contributed by atoms with van der Waals surface area (Å²) >= 11 is 1.74. The number of rotatable bonds is 5. The van der Waals surface area contributed by atoms with Crippen molar-refractivity contribution in [3.63, 3.8) is 0 Å². The Hall–Kier alpha value is -1.90. The van der Waals surface area contributed by atoms with E-state index < -0.39 is 0 Å². The predicted molar refractivity (Wildman–Crippen MR) is 85.9 cm³/mol. The van der Waals surface area contributed by atoms with E-state index in [0.29, 0.717) is 0 Å². The Morgan fingerprint density at radius 2 is 1.40 bits per heavy atom. The second-order valence-corrected chi connectivity index (χ2v) is 5.55. The van der Waals surface area contributed by atoms with Crippen molar-refractivity contribution < 1.29 is 0 Å². The largest absolute Gasteiger partial charge is 0.302 e. The van der Waals surface area contributed by atoms with Crippen LogP contribution in [0, 0.1) is 0 Å². The van der Waals surface area contributed by atoms with Crippen LogP contribution in [0.2, 0.25) is 0 Å². The molecular weight excluding hydrogens is 262 g/mol. The van der Waals surface area contributed by atoms with Gasteiger partial charge in [-0.1, -0.05) is 60.7 Å². The standard InChI is InChI=1S/C18H17NS/c1-3-7-16(8-4-1)18(17-9-5-2-6-10-17)19-13-15-11-12-20-14-15/h1-12,14,18-19H,13H2. The molecule has 0 atom stereocenters. The van der Waals surface area contributed by atoms with Gasteiger partial charge in [-0.3, -0.25) is 0 Å². The molecule has 0 radical (unpaired) electrons. The molecule has 0 spiro atoms. The monoisotopic (exact) mass is 279 g/mol. The molecule has 0 fully saturated rings. The number of nitrogens with one attached hydrogen (secondary N) is 1. The van der Waals surface area contributed by atoms with Crippen LogP contribution < -0.4 is 5.32 Å². The van der Waals surface area contributed by atoms with Crippen molar-refractivity contribution in [2.45, 2.75) is 12.6 Å². The second kappa shape index (κ2) is 6.51. The molecule has 3 rings (SSSR count). The van der Waals surface area contributed by atoms with Gasteiger partial charge in [0.15, 0.2) is 0 Å². The van der Waals surface area contributed by atoms with Crippen LogP contribution in [0.3, 0.4) is 0 Å². The quantitative estimate of drug-likeness (QED) is 0.718. The molecule has 0 unspecified atom stereocenters. The summed E-state index contributed by atoms with van der Waals surface area (Å²) in [5, 5.41) is 7.98. The maximum absolute atomic E-state index is 3.66. The lowest BCUT2D eigenvalue weighted by Gasteiger charge is -2.19. The molecule has 2 aromatic carbocycles. The molecular formula is C18H17NS. The van der Waals surface area contributed by atoms with Crippen LogP contribution >= 0.6 is 11.3 Å². The van der Waals surface area contributed by atoms with Crippen molar-refractivity contribution in [3.05, 3.63) is 94.2 Å². The van der Waals surface area contributed by atoms with E-state index in [1.165, 1.54) is 16.7 Å². The SMILES string of the molecule is c1ccc(C(NCc2ccsc2)c2ccccc2)cc1. The van der Waals surface area contributed by atoms with Gasteiger partial charge in [0.05, 0.1) is 6.04 Å². The van der Waals surface area contributed by atoms with Gasteiger partial charge in [-0.15, -0.1) is 0 Å². The number of thiophene rings is 1. The maximum atomic E-state index is 3.66. The molecule has 1 N–H and O–H groups in total. The summed E-state index contributed by atoms with van der Waals surface area (Å²) in [7, 11) is 0. The first-order valence-electron chi connectivity index (χ1n) is 6.78. The highest BCUT2D eigenvalue weighted by molar-refractivity contribution is 7.07. The normalized spacial score (nSPS) is 10.8. The first-order valence-corrected chi connectivity index (χ1v) is 7.72. The molecule has 0 saturated carbocycles. The molecule has 2 heteroatoms. The summed E-state index contributed by atoms with van der Waals surface area (Å²) in [5.74, 6) is 0. The third-order valence-electron chi connectivity index (χ3n) is 3.36. The molecule has 1 heterocycles. The summed E-state index contributed by atoms with van der Waals surface area (Å²) in [6.07, 6.45) is 0. The Morgan fingerprint density at radius 1 is 0.800 bits per heavy atom. The Balaban J connectivity index is 1.84. The van der Waals surface area contributed by atoms with Gasteiger partial charge < -0.3 is 5.32 Å². The third-order valence-corrected chi connectivity index (χ3v) is 4.09. The van der Waals surface area contributed by atoms with Gasteiger partial charge in [-0.2, -0.15) is 11.3 Å². The molecule has 20 heavy (non-hydrogen) atoms. The van der Waals surface area contributed by atoms with Gasteiger partial charge in [0.2, 0.25) is 0 Å². The molecule has 1 aromatic heterocycles.